The van der Waals surface area contributed by atoms with Crippen LogP contribution in [-0.4, -0.2) is 12.5 Å². The molecule has 2 aromatic rings. The number of carbonyl (C=O) groups excluding carboxylic acids is 1. The fourth-order valence-electron chi connectivity index (χ4n) is 1.76. The van der Waals surface area contributed by atoms with Crippen molar-refractivity contribution in [2.75, 3.05) is 17.7 Å². The number of nitrogens with two attached hydrogens (primary N) is 1. The van der Waals surface area contributed by atoms with E-state index in [1.165, 1.54) is 0 Å². The van der Waals surface area contributed by atoms with Crippen molar-refractivity contribution in [3.05, 3.63) is 54.1 Å². The average molecular weight is 270 g/mol. The van der Waals surface area contributed by atoms with Gasteiger partial charge in [-0.1, -0.05) is 19.1 Å². The second kappa shape index (κ2) is 6.61. The standard InChI is InChI=1S/C16H18N2O2/c1-2-11-20-13-9-7-12(8-10-13)18-16(19)14-5-3-4-6-15(14)17/h3-10H,2,11,17H2,1H3,(H,18,19). The quantitative estimate of drug-likeness (QED) is 0.819. The Balaban J connectivity index is 2.03. The summed E-state index contributed by atoms with van der Waals surface area (Å²) in [5, 5.41) is 2.81. The lowest BCUT2D eigenvalue weighted by Gasteiger charge is -2.09. The fraction of sp³-hybridized carbons (Fsp3) is 0.188. The summed E-state index contributed by atoms with van der Waals surface area (Å²) in [6.45, 7) is 2.74. The monoisotopic (exact) mass is 270 g/mol. The van der Waals surface area contributed by atoms with Crippen molar-refractivity contribution >= 4 is 17.3 Å². The lowest BCUT2D eigenvalue weighted by atomic mass is 10.1. The first kappa shape index (κ1) is 13.9. The van der Waals surface area contributed by atoms with E-state index in [1.54, 1.807) is 24.3 Å². The van der Waals surface area contributed by atoms with E-state index in [-0.39, 0.29) is 5.91 Å². The third-order valence-corrected chi connectivity index (χ3v) is 2.79. The van der Waals surface area contributed by atoms with E-state index >= 15 is 0 Å². The molecular formula is C16H18N2O2. The van der Waals surface area contributed by atoms with Crippen molar-refractivity contribution < 1.29 is 9.53 Å². The summed E-state index contributed by atoms with van der Waals surface area (Å²) in [7, 11) is 0. The number of nitrogens with one attached hydrogen (secondary N) is 1. The predicted molar refractivity (Wildman–Crippen MR) is 81.0 cm³/mol. The Labute approximate surface area is 118 Å². The van der Waals surface area contributed by atoms with Crippen LogP contribution in [0.5, 0.6) is 5.75 Å². The van der Waals surface area contributed by atoms with Gasteiger partial charge in [0.05, 0.1) is 12.2 Å². The minimum Gasteiger partial charge on any atom is -0.494 e. The summed E-state index contributed by atoms with van der Waals surface area (Å²) in [5.41, 5.74) is 7.42. The first-order valence-corrected chi connectivity index (χ1v) is 6.59. The predicted octanol–water partition coefficient (Wildman–Crippen LogP) is 3.31. The topological polar surface area (TPSA) is 64.3 Å². The second-order valence-electron chi connectivity index (χ2n) is 4.41. The van der Waals surface area contributed by atoms with Crippen LogP contribution in [0.2, 0.25) is 0 Å². The minimum absolute atomic E-state index is 0.217. The molecule has 0 saturated heterocycles. The van der Waals surface area contributed by atoms with Gasteiger partial charge >= 0.3 is 0 Å². The van der Waals surface area contributed by atoms with Crippen molar-refractivity contribution in [1.29, 1.82) is 0 Å². The van der Waals surface area contributed by atoms with E-state index in [4.69, 9.17) is 10.5 Å². The van der Waals surface area contributed by atoms with E-state index in [9.17, 15) is 4.79 Å². The highest BCUT2D eigenvalue weighted by atomic mass is 16.5. The molecule has 2 rings (SSSR count). The maximum atomic E-state index is 12.1. The first-order valence-electron chi connectivity index (χ1n) is 6.59. The molecular weight excluding hydrogens is 252 g/mol. The van der Waals surface area contributed by atoms with E-state index < -0.39 is 0 Å². The van der Waals surface area contributed by atoms with Gasteiger partial charge < -0.3 is 15.8 Å². The average Bonchev–Trinajstić information content (AvgIpc) is 2.47. The zero-order chi connectivity index (χ0) is 14.4. The molecule has 0 saturated carbocycles. The number of nitrogen functional groups attached to an aromatic ring is 1. The molecule has 0 spiro atoms. The third-order valence-electron chi connectivity index (χ3n) is 2.79. The number of benzene rings is 2. The molecule has 0 atom stereocenters. The smallest absolute Gasteiger partial charge is 0.257 e. The van der Waals surface area contributed by atoms with Crippen LogP contribution in [0.3, 0.4) is 0 Å². The molecule has 0 aliphatic heterocycles. The van der Waals surface area contributed by atoms with Crippen LogP contribution in [0.25, 0.3) is 0 Å². The van der Waals surface area contributed by atoms with Crippen molar-refractivity contribution in [2.45, 2.75) is 13.3 Å². The molecule has 0 fully saturated rings. The molecule has 104 valence electrons. The van der Waals surface area contributed by atoms with Crippen molar-refractivity contribution in [3.8, 4) is 5.75 Å². The van der Waals surface area contributed by atoms with Crippen LogP contribution in [0, 0.1) is 0 Å². The SMILES string of the molecule is CCCOc1ccc(NC(=O)c2ccccc2N)cc1. The largest absolute Gasteiger partial charge is 0.494 e. The highest BCUT2D eigenvalue weighted by Crippen LogP contribution is 2.18. The molecule has 4 nitrogen and oxygen atoms in total. The van der Waals surface area contributed by atoms with Crippen molar-refractivity contribution in [1.82, 2.24) is 0 Å². The maximum absolute atomic E-state index is 12.1. The van der Waals surface area contributed by atoms with E-state index in [0.29, 0.717) is 23.5 Å². The van der Waals surface area contributed by atoms with Gasteiger partial charge in [0.1, 0.15) is 5.75 Å². The minimum atomic E-state index is -0.217. The summed E-state index contributed by atoms with van der Waals surface area (Å²) >= 11 is 0. The summed E-state index contributed by atoms with van der Waals surface area (Å²) in [5.74, 6) is 0.578. The van der Waals surface area contributed by atoms with Gasteiger partial charge in [0.25, 0.3) is 5.91 Å². The lowest BCUT2D eigenvalue weighted by Crippen LogP contribution is -2.13. The molecule has 3 N–H and O–H groups in total. The Kier molecular flexibility index (Phi) is 4.60. The normalized spacial score (nSPS) is 10.1. The lowest BCUT2D eigenvalue weighted by molar-refractivity contribution is 0.102. The summed E-state index contributed by atoms with van der Waals surface area (Å²) in [6.07, 6.45) is 0.964. The third kappa shape index (κ3) is 3.51. The summed E-state index contributed by atoms with van der Waals surface area (Å²) in [4.78, 5) is 12.1. The molecule has 20 heavy (non-hydrogen) atoms. The number of anilines is 2. The molecule has 0 radical (unpaired) electrons. The Morgan fingerprint density at radius 3 is 2.50 bits per heavy atom. The molecule has 0 heterocycles. The Bertz CT molecular complexity index is 579. The number of para-hydroxylation sites is 1. The van der Waals surface area contributed by atoms with Gasteiger partial charge in [0, 0.05) is 11.4 Å². The highest BCUT2D eigenvalue weighted by Gasteiger charge is 2.08. The van der Waals surface area contributed by atoms with Gasteiger partial charge in [-0.05, 0) is 42.8 Å². The van der Waals surface area contributed by atoms with E-state index in [2.05, 4.69) is 12.2 Å². The van der Waals surface area contributed by atoms with Gasteiger partial charge in [0.2, 0.25) is 0 Å². The number of amides is 1. The fourth-order valence-corrected chi connectivity index (χ4v) is 1.76. The molecule has 0 aliphatic carbocycles. The first-order chi connectivity index (χ1) is 9.70. The summed E-state index contributed by atoms with van der Waals surface area (Å²) < 4.78 is 5.49. The molecule has 0 aliphatic rings. The number of carbonyl (C=O) groups is 1. The van der Waals surface area contributed by atoms with Crippen LogP contribution in [0.1, 0.15) is 23.7 Å². The molecule has 1 amide bonds. The van der Waals surface area contributed by atoms with E-state index in [0.717, 1.165) is 12.2 Å². The van der Waals surface area contributed by atoms with Gasteiger partial charge in [-0.15, -0.1) is 0 Å². The van der Waals surface area contributed by atoms with Crippen LogP contribution in [0.15, 0.2) is 48.5 Å². The van der Waals surface area contributed by atoms with E-state index in [1.807, 2.05) is 24.3 Å². The second-order valence-corrected chi connectivity index (χ2v) is 4.41. The summed E-state index contributed by atoms with van der Waals surface area (Å²) in [6, 6.07) is 14.3. The van der Waals surface area contributed by atoms with Gasteiger partial charge in [-0.25, -0.2) is 0 Å². The maximum Gasteiger partial charge on any atom is 0.257 e. The van der Waals surface area contributed by atoms with Crippen LogP contribution < -0.4 is 15.8 Å². The zero-order valence-electron chi connectivity index (χ0n) is 11.4. The molecule has 4 heteroatoms. The van der Waals surface area contributed by atoms with Crippen LogP contribution >= 0.6 is 0 Å². The Hall–Kier alpha value is -2.49. The van der Waals surface area contributed by atoms with Crippen LogP contribution in [-0.2, 0) is 0 Å². The molecule has 0 bridgehead atoms. The van der Waals surface area contributed by atoms with Gasteiger partial charge in [-0.2, -0.15) is 0 Å². The number of ether oxygens (including phenoxy) is 1. The number of hydrogen-bond donors (Lipinski definition) is 2. The van der Waals surface area contributed by atoms with Gasteiger partial charge in [-0.3, -0.25) is 4.79 Å². The van der Waals surface area contributed by atoms with Crippen LogP contribution in [0.4, 0.5) is 11.4 Å². The van der Waals surface area contributed by atoms with Crippen molar-refractivity contribution in [3.63, 3.8) is 0 Å². The van der Waals surface area contributed by atoms with Gasteiger partial charge in [0.15, 0.2) is 0 Å². The Morgan fingerprint density at radius 1 is 1.15 bits per heavy atom. The number of hydrogen-bond acceptors (Lipinski definition) is 3. The Morgan fingerprint density at radius 2 is 1.85 bits per heavy atom. The number of rotatable bonds is 5. The molecule has 2 aromatic carbocycles. The molecule has 0 aromatic heterocycles. The van der Waals surface area contributed by atoms with Crippen molar-refractivity contribution in [2.24, 2.45) is 0 Å². The zero-order valence-corrected chi connectivity index (χ0v) is 11.4. The highest BCUT2D eigenvalue weighted by molar-refractivity contribution is 6.07. The molecule has 0 unspecified atom stereocenters.